The largest absolute Gasteiger partial charge is 0.497 e. The van der Waals surface area contributed by atoms with Gasteiger partial charge in [-0.3, -0.25) is 4.79 Å². The first-order valence-corrected chi connectivity index (χ1v) is 9.37. The van der Waals surface area contributed by atoms with Gasteiger partial charge in [0.1, 0.15) is 17.3 Å². The molecule has 27 heavy (non-hydrogen) atoms. The molecule has 0 unspecified atom stereocenters. The van der Waals surface area contributed by atoms with E-state index in [-0.39, 0.29) is 5.78 Å². The fraction of sp³-hybridized carbons (Fsp3) is 0.0952. The number of imidazole rings is 1. The number of aromatic amines is 1. The number of nitrogens with zero attached hydrogens (tertiary/aromatic N) is 2. The Balaban J connectivity index is 1.51. The molecule has 6 heteroatoms. The van der Waals surface area contributed by atoms with E-state index >= 15 is 0 Å². The molecule has 5 nitrogen and oxygen atoms in total. The van der Waals surface area contributed by atoms with Crippen LogP contribution in [-0.4, -0.2) is 27.8 Å². The first-order valence-electron chi connectivity index (χ1n) is 8.43. The molecule has 2 aromatic heterocycles. The molecule has 0 saturated carbocycles. The number of ether oxygens (including phenoxy) is 1. The summed E-state index contributed by atoms with van der Waals surface area (Å²) in [5.74, 6) is 1.61. The third kappa shape index (κ3) is 3.80. The standard InChI is InChI=1S/C21H17N3O2S/c1-26-17-4-2-3-16(10-17)21-22-11-18(24-21)15-7-5-14(6-8-15)9-20(25)19-12-27-13-23-19/h2-8,10-13H,9H2,1H3,(H,22,24). The number of thiazole rings is 1. The maximum Gasteiger partial charge on any atom is 0.186 e. The van der Waals surface area contributed by atoms with Crippen molar-refractivity contribution in [1.82, 2.24) is 15.0 Å². The van der Waals surface area contributed by atoms with E-state index in [0.717, 1.165) is 34.0 Å². The number of carbonyl (C=O) groups excluding carboxylic acids is 1. The minimum absolute atomic E-state index is 0.0332. The number of aromatic nitrogens is 3. The minimum Gasteiger partial charge on any atom is -0.497 e. The average molecular weight is 375 g/mol. The van der Waals surface area contributed by atoms with Gasteiger partial charge in [-0.05, 0) is 23.3 Å². The van der Waals surface area contributed by atoms with Crippen LogP contribution in [0, 0.1) is 0 Å². The third-order valence-electron chi connectivity index (χ3n) is 4.27. The Morgan fingerprint density at radius 3 is 2.70 bits per heavy atom. The van der Waals surface area contributed by atoms with Gasteiger partial charge in [0.05, 0.1) is 24.5 Å². The maximum atomic E-state index is 12.2. The van der Waals surface area contributed by atoms with Gasteiger partial charge >= 0.3 is 0 Å². The van der Waals surface area contributed by atoms with Crippen molar-refractivity contribution in [3.8, 4) is 28.4 Å². The van der Waals surface area contributed by atoms with Crippen LogP contribution in [-0.2, 0) is 6.42 Å². The molecule has 0 atom stereocenters. The zero-order valence-electron chi connectivity index (χ0n) is 14.7. The molecule has 0 radical (unpaired) electrons. The van der Waals surface area contributed by atoms with Crippen LogP contribution in [0.1, 0.15) is 16.1 Å². The van der Waals surface area contributed by atoms with Crippen molar-refractivity contribution in [3.05, 3.63) is 76.9 Å². The lowest BCUT2D eigenvalue weighted by molar-refractivity contribution is 0.0989. The molecule has 0 amide bonds. The molecule has 0 spiro atoms. The summed E-state index contributed by atoms with van der Waals surface area (Å²) in [6.45, 7) is 0. The Kier molecular flexibility index (Phi) is 4.80. The van der Waals surface area contributed by atoms with Crippen LogP contribution in [0.4, 0.5) is 0 Å². The molecule has 0 bridgehead atoms. The van der Waals surface area contributed by atoms with Crippen molar-refractivity contribution in [2.45, 2.75) is 6.42 Å². The van der Waals surface area contributed by atoms with Crippen molar-refractivity contribution < 1.29 is 9.53 Å². The van der Waals surface area contributed by atoms with Crippen molar-refractivity contribution in [1.29, 1.82) is 0 Å². The highest BCUT2D eigenvalue weighted by atomic mass is 32.1. The summed E-state index contributed by atoms with van der Waals surface area (Å²) < 4.78 is 5.27. The molecular formula is C21H17N3O2S. The molecule has 4 rings (SSSR count). The average Bonchev–Trinajstić information content (AvgIpc) is 3.41. The number of ketones is 1. The number of rotatable bonds is 6. The predicted molar refractivity (Wildman–Crippen MR) is 106 cm³/mol. The van der Waals surface area contributed by atoms with Crippen LogP contribution in [0.5, 0.6) is 5.75 Å². The van der Waals surface area contributed by atoms with Crippen molar-refractivity contribution in [3.63, 3.8) is 0 Å². The number of H-pyrrole nitrogens is 1. The van der Waals surface area contributed by atoms with Gasteiger partial charge in [-0.25, -0.2) is 9.97 Å². The van der Waals surface area contributed by atoms with Crippen LogP contribution in [0.15, 0.2) is 65.6 Å². The summed E-state index contributed by atoms with van der Waals surface area (Å²) >= 11 is 1.43. The molecule has 2 heterocycles. The van der Waals surface area contributed by atoms with Crippen molar-refractivity contribution in [2.24, 2.45) is 0 Å². The van der Waals surface area contributed by atoms with Crippen molar-refractivity contribution >= 4 is 17.1 Å². The second-order valence-corrected chi connectivity index (χ2v) is 6.77. The molecule has 0 fully saturated rings. The smallest absolute Gasteiger partial charge is 0.186 e. The van der Waals surface area contributed by atoms with E-state index in [1.54, 1.807) is 18.0 Å². The van der Waals surface area contributed by atoms with Crippen LogP contribution in [0.3, 0.4) is 0 Å². The molecular weight excluding hydrogens is 358 g/mol. The van der Waals surface area contributed by atoms with E-state index < -0.39 is 0 Å². The number of Topliss-reactive ketones (excluding diaryl/α,β-unsaturated/α-hetero) is 1. The van der Waals surface area contributed by atoms with E-state index in [0.29, 0.717) is 12.1 Å². The summed E-state index contributed by atoms with van der Waals surface area (Å²) in [6, 6.07) is 15.7. The summed E-state index contributed by atoms with van der Waals surface area (Å²) in [5.41, 5.74) is 6.07. The lowest BCUT2D eigenvalue weighted by Crippen LogP contribution is -2.03. The van der Waals surface area contributed by atoms with Crippen LogP contribution >= 0.6 is 11.3 Å². The van der Waals surface area contributed by atoms with E-state index in [2.05, 4.69) is 15.0 Å². The second-order valence-electron chi connectivity index (χ2n) is 6.05. The third-order valence-corrected chi connectivity index (χ3v) is 4.85. The first kappa shape index (κ1) is 17.2. The zero-order chi connectivity index (χ0) is 18.6. The Bertz CT molecular complexity index is 1050. The number of hydrogen-bond acceptors (Lipinski definition) is 5. The highest BCUT2D eigenvalue weighted by Crippen LogP contribution is 2.25. The van der Waals surface area contributed by atoms with E-state index in [9.17, 15) is 4.79 Å². The number of carbonyl (C=O) groups is 1. The fourth-order valence-electron chi connectivity index (χ4n) is 2.81. The SMILES string of the molecule is COc1cccc(-c2ncc(-c3ccc(CC(=O)c4cscn4)cc3)[nH]2)c1. The molecule has 2 aromatic carbocycles. The first-order chi connectivity index (χ1) is 13.2. The Morgan fingerprint density at radius 1 is 1.11 bits per heavy atom. The molecule has 0 saturated heterocycles. The topological polar surface area (TPSA) is 67.9 Å². The van der Waals surface area contributed by atoms with Crippen LogP contribution in [0.25, 0.3) is 22.6 Å². The number of methoxy groups -OCH3 is 1. The highest BCUT2D eigenvalue weighted by molar-refractivity contribution is 7.07. The minimum atomic E-state index is 0.0332. The molecule has 0 aliphatic heterocycles. The Labute approximate surface area is 160 Å². The van der Waals surface area contributed by atoms with Crippen LogP contribution < -0.4 is 4.74 Å². The predicted octanol–water partition coefficient (Wildman–Crippen LogP) is 4.63. The highest BCUT2D eigenvalue weighted by Gasteiger charge is 2.10. The maximum absolute atomic E-state index is 12.2. The van der Waals surface area contributed by atoms with Gasteiger partial charge in [-0.2, -0.15) is 0 Å². The summed E-state index contributed by atoms with van der Waals surface area (Å²) in [4.78, 5) is 24.0. The van der Waals surface area contributed by atoms with Gasteiger partial charge in [-0.15, -0.1) is 11.3 Å². The molecule has 0 aliphatic carbocycles. The normalized spacial score (nSPS) is 10.7. The number of nitrogens with one attached hydrogen (secondary N) is 1. The number of benzene rings is 2. The summed E-state index contributed by atoms with van der Waals surface area (Å²) in [6.07, 6.45) is 2.16. The second kappa shape index (κ2) is 7.55. The molecule has 4 aromatic rings. The lowest BCUT2D eigenvalue weighted by Gasteiger charge is -2.03. The summed E-state index contributed by atoms with van der Waals surface area (Å²) in [7, 11) is 1.65. The Morgan fingerprint density at radius 2 is 1.96 bits per heavy atom. The van der Waals surface area contributed by atoms with Gasteiger partial charge < -0.3 is 9.72 Å². The molecule has 134 valence electrons. The van der Waals surface area contributed by atoms with Gasteiger partial charge in [0.25, 0.3) is 0 Å². The van der Waals surface area contributed by atoms with Gasteiger partial charge in [0, 0.05) is 17.4 Å². The molecule has 0 aliphatic rings. The molecule has 1 N–H and O–H groups in total. The van der Waals surface area contributed by atoms with Crippen LogP contribution in [0.2, 0.25) is 0 Å². The van der Waals surface area contributed by atoms with Gasteiger partial charge in [0.2, 0.25) is 0 Å². The van der Waals surface area contributed by atoms with E-state index in [4.69, 9.17) is 4.74 Å². The van der Waals surface area contributed by atoms with Crippen molar-refractivity contribution in [2.75, 3.05) is 7.11 Å². The van der Waals surface area contributed by atoms with E-state index in [1.165, 1.54) is 11.3 Å². The summed E-state index contributed by atoms with van der Waals surface area (Å²) in [5, 5.41) is 1.78. The Hall–Kier alpha value is -3.25. The monoisotopic (exact) mass is 375 g/mol. The van der Waals surface area contributed by atoms with Gasteiger partial charge in [-0.1, -0.05) is 36.4 Å². The fourth-order valence-corrected chi connectivity index (χ4v) is 3.37. The quantitative estimate of drug-likeness (QED) is 0.499. The van der Waals surface area contributed by atoms with E-state index in [1.807, 2.05) is 54.7 Å². The number of hydrogen-bond donors (Lipinski definition) is 1. The lowest BCUT2D eigenvalue weighted by atomic mass is 10.0. The van der Waals surface area contributed by atoms with Gasteiger partial charge in [0.15, 0.2) is 5.78 Å². The zero-order valence-corrected chi connectivity index (χ0v) is 15.5.